The Labute approximate surface area is 119 Å². The number of Topliss-reactive ketones (excluding diaryl/α,β-unsaturated/α-hetero) is 1. The molecule has 0 aliphatic carbocycles. The van der Waals surface area contributed by atoms with E-state index in [1.54, 1.807) is 0 Å². The summed E-state index contributed by atoms with van der Waals surface area (Å²) in [6.07, 6.45) is 1.46. The lowest BCUT2D eigenvalue weighted by molar-refractivity contribution is 0.0971. The number of hydrogen-bond donors (Lipinski definition) is 0. The van der Waals surface area contributed by atoms with Gasteiger partial charge in [0.2, 0.25) is 0 Å². The summed E-state index contributed by atoms with van der Waals surface area (Å²) in [5, 5.41) is 0.787. The molecule has 2 aromatic heterocycles. The van der Waals surface area contributed by atoms with Gasteiger partial charge in [0.15, 0.2) is 5.78 Å². The summed E-state index contributed by atoms with van der Waals surface area (Å²) < 4.78 is 6.89. The molecule has 20 heavy (non-hydrogen) atoms. The van der Waals surface area contributed by atoms with Crippen molar-refractivity contribution in [2.45, 2.75) is 20.4 Å². The fraction of sp³-hybridized carbons (Fsp3) is 0.200. The third kappa shape index (κ3) is 2.00. The van der Waals surface area contributed by atoms with Gasteiger partial charge in [0.25, 0.3) is 0 Å². The van der Waals surface area contributed by atoms with Crippen LogP contribution in [0.25, 0.3) is 11.0 Å². The maximum Gasteiger partial charge on any atom is 0.307 e. The fourth-order valence-electron chi connectivity index (χ4n) is 2.19. The molecule has 3 rings (SSSR count). The average molecular weight is 287 g/mol. The lowest BCUT2D eigenvalue weighted by Crippen LogP contribution is -2.20. The van der Waals surface area contributed by atoms with Gasteiger partial charge in [0, 0.05) is 16.0 Å². The van der Waals surface area contributed by atoms with Gasteiger partial charge in [-0.25, -0.2) is 0 Å². The molecule has 0 amide bonds. The summed E-state index contributed by atoms with van der Waals surface area (Å²) in [5.41, 5.74) is 2.05. The van der Waals surface area contributed by atoms with Crippen molar-refractivity contribution in [1.29, 1.82) is 0 Å². The Hall–Kier alpha value is -2.14. The summed E-state index contributed by atoms with van der Waals surface area (Å²) in [6.45, 7) is 3.79. The highest BCUT2D eigenvalue weighted by atomic mass is 32.1. The zero-order chi connectivity index (χ0) is 14.3. The number of aryl methyl sites for hydroxylation is 1. The van der Waals surface area contributed by atoms with E-state index in [1.165, 1.54) is 22.2 Å². The number of carbonyl (C=O) groups is 1. The molecule has 2 heterocycles. The molecule has 4 nitrogen and oxygen atoms in total. The van der Waals surface area contributed by atoms with E-state index in [-0.39, 0.29) is 17.2 Å². The monoisotopic (exact) mass is 287 g/mol. The van der Waals surface area contributed by atoms with Crippen LogP contribution >= 0.6 is 11.3 Å². The second-order valence-electron chi connectivity index (χ2n) is 4.66. The molecule has 0 aliphatic rings. The molecule has 0 radical (unpaired) electrons. The van der Waals surface area contributed by atoms with Crippen LogP contribution in [0.4, 0.5) is 0 Å². The van der Waals surface area contributed by atoms with Crippen molar-refractivity contribution in [2.24, 2.45) is 0 Å². The van der Waals surface area contributed by atoms with Gasteiger partial charge in [-0.05, 0) is 19.9 Å². The first-order valence-electron chi connectivity index (χ1n) is 6.24. The fourth-order valence-corrected chi connectivity index (χ4v) is 3.02. The Morgan fingerprint density at radius 2 is 2.05 bits per heavy atom. The molecule has 0 bridgehead atoms. The van der Waals surface area contributed by atoms with Gasteiger partial charge in [-0.15, -0.1) is 0 Å². The summed E-state index contributed by atoms with van der Waals surface area (Å²) in [7, 11) is 0. The van der Waals surface area contributed by atoms with Crippen LogP contribution in [0, 0.1) is 13.8 Å². The smallest absolute Gasteiger partial charge is 0.307 e. The maximum atomic E-state index is 12.4. The van der Waals surface area contributed by atoms with Crippen molar-refractivity contribution in [3.05, 3.63) is 56.3 Å². The first-order chi connectivity index (χ1) is 9.58. The molecule has 5 heteroatoms. The summed E-state index contributed by atoms with van der Waals surface area (Å²) >= 11 is 1.17. The minimum absolute atomic E-state index is 0.0541. The zero-order valence-corrected chi connectivity index (χ0v) is 12.0. The predicted octanol–water partition coefficient (Wildman–Crippen LogP) is 3.16. The predicted molar refractivity (Wildman–Crippen MR) is 78.6 cm³/mol. The lowest BCUT2D eigenvalue weighted by atomic mass is 10.1. The molecule has 102 valence electrons. The number of carbonyl (C=O) groups excluding carboxylic acids is 1. The van der Waals surface area contributed by atoms with Gasteiger partial charge in [-0.3, -0.25) is 14.2 Å². The topological polar surface area (TPSA) is 52.2 Å². The number of para-hydroxylation sites is 1. The van der Waals surface area contributed by atoms with Crippen molar-refractivity contribution < 1.29 is 9.21 Å². The van der Waals surface area contributed by atoms with Crippen molar-refractivity contribution in [1.82, 2.24) is 4.57 Å². The highest BCUT2D eigenvalue weighted by Gasteiger charge is 2.16. The van der Waals surface area contributed by atoms with E-state index in [9.17, 15) is 9.59 Å². The largest absolute Gasteiger partial charge is 0.464 e. The lowest BCUT2D eigenvalue weighted by Gasteiger charge is -2.03. The molecular formula is C15H13NO3S. The number of hydrogen-bond acceptors (Lipinski definition) is 4. The number of benzene rings is 1. The van der Waals surface area contributed by atoms with Crippen LogP contribution in [0.3, 0.4) is 0 Å². The van der Waals surface area contributed by atoms with Crippen LogP contribution in [-0.2, 0) is 6.54 Å². The van der Waals surface area contributed by atoms with E-state index in [1.807, 2.05) is 38.1 Å². The van der Waals surface area contributed by atoms with Crippen LogP contribution in [0.1, 0.15) is 20.9 Å². The number of ketones is 1. The first-order valence-corrected chi connectivity index (χ1v) is 7.06. The van der Waals surface area contributed by atoms with Gasteiger partial charge < -0.3 is 4.42 Å². The average Bonchev–Trinajstić information content (AvgIpc) is 2.96. The van der Waals surface area contributed by atoms with Gasteiger partial charge in [0.05, 0.1) is 12.1 Å². The Morgan fingerprint density at radius 3 is 2.75 bits per heavy atom. The third-order valence-corrected chi connectivity index (χ3v) is 4.45. The number of aromatic nitrogens is 1. The van der Waals surface area contributed by atoms with E-state index in [2.05, 4.69) is 0 Å². The Morgan fingerprint density at radius 1 is 1.30 bits per heavy atom. The summed E-state index contributed by atoms with van der Waals surface area (Å²) in [5.74, 6) is -0.113. The van der Waals surface area contributed by atoms with Gasteiger partial charge in [0.1, 0.15) is 11.8 Å². The number of rotatable bonds is 3. The standard InChI is InChI=1S/C15H13NO3S/c1-9-10(2)20-15(18)16(9)7-13(17)12-8-19-14-6-4-3-5-11(12)14/h3-6,8H,7H2,1-2H3. The number of thiazole rings is 1. The van der Waals surface area contributed by atoms with E-state index >= 15 is 0 Å². The highest BCUT2D eigenvalue weighted by molar-refractivity contribution is 7.09. The van der Waals surface area contributed by atoms with E-state index in [4.69, 9.17) is 4.42 Å². The normalized spacial score (nSPS) is 11.1. The molecule has 0 fully saturated rings. The molecule has 3 aromatic rings. The van der Waals surface area contributed by atoms with Crippen LogP contribution in [-0.4, -0.2) is 10.4 Å². The number of furan rings is 1. The van der Waals surface area contributed by atoms with Crippen molar-refractivity contribution >= 4 is 28.1 Å². The van der Waals surface area contributed by atoms with Crippen molar-refractivity contribution in [3.8, 4) is 0 Å². The van der Waals surface area contributed by atoms with Crippen LogP contribution in [0.5, 0.6) is 0 Å². The van der Waals surface area contributed by atoms with Crippen LogP contribution < -0.4 is 4.87 Å². The minimum atomic E-state index is -0.113. The zero-order valence-electron chi connectivity index (χ0n) is 11.2. The second kappa shape index (κ2) is 4.76. The van der Waals surface area contributed by atoms with E-state index in [0.717, 1.165) is 16.0 Å². The third-order valence-electron chi connectivity index (χ3n) is 3.46. The van der Waals surface area contributed by atoms with Crippen molar-refractivity contribution in [2.75, 3.05) is 0 Å². The maximum absolute atomic E-state index is 12.4. The molecule has 1 aromatic carbocycles. The molecular weight excluding hydrogens is 274 g/mol. The SMILES string of the molecule is Cc1sc(=O)n(CC(=O)c2coc3ccccc23)c1C. The quantitative estimate of drug-likeness (QED) is 0.695. The molecule has 0 atom stereocenters. The van der Waals surface area contributed by atoms with Gasteiger partial charge in [-0.1, -0.05) is 29.5 Å². The molecule has 0 unspecified atom stereocenters. The number of nitrogens with zero attached hydrogens (tertiary/aromatic N) is 1. The van der Waals surface area contributed by atoms with Crippen molar-refractivity contribution in [3.63, 3.8) is 0 Å². The van der Waals surface area contributed by atoms with E-state index < -0.39 is 0 Å². The number of fused-ring (bicyclic) bond motifs is 1. The molecule has 0 N–H and O–H groups in total. The second-order valence-corrected chi connectivity index (χ2v) is 5.83. The van der Waals surface area contributed by atoms with Gasteiger partial charge in [-0.2, -0.15) is 0 Å². The molecule has 0 saturated carbocycles. The molecule has 0 spiro atoms. The first kappa shape index (κ1) is 12.9. The Bertz CT molecular complexity index is 854. The minimum Gasteiger partial charge on any atom is -0.464 e. The molecule has 0 saturated heterocycles. The summed E-state index contributed by atoms with van der Waals surface area (Å²) in [4.78, 5) is 25.1. The summed E-state index contributed by atoms with van der Waals surface area (Å²) in [6, 6.07) is 7.39. The van der Waals surface area contributed by atoms with E-state index in [0.29, 0.717) is 11.1 Å². The Kier molecular flexibility index (Phi) is 3.06. The Balaban J connectivity index is 1.99. The molecule has 0 aliphatic heterocycles. The van der Waals surface area contributed by atoms with Crippen LogP contribution in [0.2, 0.25) is 0 Å². The van der Waals surface area contributed by atoms with Gasteiger partial charge >= 0.3 is 4.87 Å². The highest BCUT2D eigenvalue weighted by Crippen LogP contribution is 2.21. The van der Waals surface area contributed by atoms with Crippen LogP contribution in [0.15, 0.2) is 39.7 Å².